The third-order valence-corrected chi connectivity index (χ3v) is 2.29. The molecule has 0 aliphatic carbocycles. The molecule has 0 unspecified atom stereocenters. The average Bonchev–Trinajstić information content (AvgIpc) is 2.29. The van der Waals surface area contributed by atoms with Crippen LogP contribution in [0.3, 0.4) is 0 Å². The Hall–Kier alpha value is -1.72. The molecule has 18 heavy (non-hydrogen) atoms. The van der Waals surface area contributed by atoms with Gasteiger partial charge in [-0.2, -0.15) is 13.2 Å². The highest BCUT2D eigenvalue weighted by Gasteiger charge is 2.36. The Morgan fingerprint density at radius 3 is 2.50 bits per heavy atom. The first-order valence-corrected chi connectivity index (χ1v) is 5.51. The summed E-state index contributed by atoms with van der Waals surface area (Å²) < 4.78 is 42.8. The SMILES string of the molecule is CCOC(=O)c1cccc(N(CC)C(F)(F)F)c1. The third-order valence-electron chi connectivity index (χ3n) is 2.29. The number of benzene rings is 1. The molecular weight excluding hydrogens is 247 g/mol. The molecule has 100 valence electrons. The van der Waals surface area contributed by atoms with Crippen LogP contribution in [-0.4, -0.2) is 25.4 Å². The van der Waals surface area contributed by atoms with Crippen molar-refractivity contribution in [2.45, 2.75) is 20.1 Å². The monoisotopic (exact) mass is 261 g/mol. The smallest absolute Gasteiger partial charge is 0.462 e. The van der Waals surface area contributed by atoms with Crippen molar-refractivity contribution >= 4 is 11.7 Å². The summed E-state index contributed by atoms with van der Waals surface area (Å²) in [5.41, 5.74) is 0.0348. The highest BCUT2D eigenvalue weighted by Crippen LogP contribution is 2.28. The molecule has 0 spiro atoms. The van der Waals surface area contributed by atoms with Gasteiger partial charge in [-0.1, -0.05) is 6.07 Å². The van der Waals surface area contributed by atoms with Crippen molar-refractivity contribution in [3.63, 3.8) is 0 Å². The van der Waals surface area contributed by atoms with Gasteiger partial charge in [0.1, 0.15) is 0 Å². The van der Waals surface area contributed by atoms with E-state index in [1.807, 2.05) is 0 Å². The predicted molar refractivity (Wildman–Crippen MR) is 61.5 cm³/mol. The average molecular weight is 261 g/mol. The van der Waals surface area contributed by atoms with Gasteiger partial charge >= 0.3 is 12.3 Å². The van der Waals surface area contributed by atoms with E-state index in [0.29, 0.717) is 0 Å². The molecular formula is C12H14F3NO2. The Balaban J connectivity index is 3.04. The van der Waals surface area contributed by atoms with Gasteiger partial charge in [-0.15, -0.1) is 0 Å². The van der Waals surface area contributed by atoms with Crippen LogP contribution in [0.4, 0.5) is 18.9 Å². The van der Waals surface area contributed by atoms with Gasteiger partial charge in [-0.05, 0) is 32.0 Å². The number of halogens is 3. The lowest BCUT2D eigenvalue weighted by molar-refractivity contribution is -0.128. The second-order valence-corrected chi connectivity index (χ2v) is 3.48. The van der Waals surface area contributed by atoms with Gasteiger partial charge in [0.15, 0.2) is 0 Å². The minimum Gasteiger partial charge on any atom is -0.462 e. The zero-order valence-corrected chi connectivity index (χ0v) is 10.1. The molecule has 1 aromatic rings. The van der Waals surface area contributed by atoms with Crippen molar-refractivity contribution in [2.24, 2.45) is 0 Å². The van der Waals surface area contributed by atoms with Crippen molar-refractivity contribution in [1.29, 1.82) is 0 Å². The van der Waals surface area contributed by atoms with Gasteiger partial charge in [0, 0.05) is 12.2 Å². The summed E-state index contributed by atoms with van der Waals surface area (Å²) in [7, 11) is 0. The topological polar surface area (TPSA) is 29.5 Å². The van der Waals surface area contributed by atoms with E-state index in [1.54, 1.807) is 6.92 Å². The number of hydrogen-bond donors (Lipinski definition) is 0. The fourth-order valence-electron chi connectivity index (χ4n) is 1.52. The quantitative estimate of drug-likeness (QED) is 0.615. The molecule has 0 saturated carbocycles. The van der Waals surface area contributed by atoms with Crippen molar-refractivity contribution in [3.05, 3.63) is 29.8 Å². The molecule has 0 aliphatic rings. The summed E-state index contributed by atoms with van der Waals surface area (Å²) in [4.78, 5) is 11.7. The van der Waals surface area contributed by atoms with Crippen LogP contribution in [0, 0.1) is 0 Å². The van der Waals surface area contributed by atoms with E-state index in [1.165, 1.54) is 31.2 Å². The summed E-state index contributed by atoms with van der Waals surface area (Å²) in [6.07, 6.45) is -4.47. The number of carbonyl (C=O) groups excluding carboxylic acids is 1. The molecule has 1 rings (SSSR count). The highest BCUT2D eigenvalue weighted by molar-refractivity contribution is 5.90. The van der Waals surface area contributed by atoms with Crippen molar-refractivity contribution in [3.8, 4) is 0 Å². The van der Waals surface area contributed by atoms with Gasteiger partial charge in [-0.3, -0.25) is 4.90 Å². The minimum atomic E-state index is -4.47. The lowest BCUT2D eigenvalue weighted by atomic mass is 10.2. The zero-order valence-electron chi connectivity index (χ0n) is 10.1. The molecule has 0 heterocycles. The maximum atomic E-state index is 12.7. The summed E-state index contributed by atoms with van der Waals surface area (Å²) >= 11 is 0. The standard InChI is InChI=1S/C12H14F3NO2/c1-3-16(12(13,14)15)10-7-5-6-9(8-10)11(17)18-4-2/h5-8H,3-4H2,1-2H3. The van der Waals surface area contributed by atoms with Crippen LogP contribution in [0.5, 0.6) is 0 Å². The van der Waals surface area contributed by atoms with Crippen LogP contribution >= 0.6 is 0 Å². The summed E-state index contributed by atoms with van der Waals surface area (Å²) in [5.74, 6) is -0.627. The van der Waals surface area contributed by atoms with Crippen molar-refractivity contribution in [1.82, 2.24) is 0 Å². The number of anilines is 1. The number of rotatable bonds is 4. The number of esters is 1. The summed E-state index contributed by atoms with van der Waals surface area (Å²) in [5, 5.41) is 0. The lowest BCUT2D eigenvalue weighted by Gasteiger charge is -2.25. The number of ether oxygens (including phenoxy) is 1. The molecule has 1 aromatic carbocycles. The molecule has 0 aromatic heterocycles. The molecule has 0 fully saturated rings. The van der Waals surface area contributed by atoms with Crippen molar-refractivity contribution in [2.75, 3.05) is 18.1 Å². The second-order valence-electron chi connectivity index (χ2n) is 3.48. The number of hydrogen-bond acceptors (Lipinski definition) is 3. The predicted octanol–water partition coefficient (Wildman–Crippen LogP) is 3.21. The van der Waals surface area contributed by atoms with Gasteiger partial charge in [-0.25, -0.2) is 4.79 Å². The normalized spacial score (nSPS) is 11.2. The minimum absolute atomic E-state index is 0.0736. The Morgan fingerprint density at radius 1 is 1.33 bits per heavy atom. The summed E-state index contributed by atoms with van der Waals surface area (Å²) in [6, 6.07) is 5.30. The van der Waals surface area contributed by atoms with E-state index < -0.39 is 12.3 Å². The van der Waals surface area contributed by atoms with E-state index >= 15 is 0 Å². The van der Waals surface area contributed by atoms with Gasteiger partial charge in [0.05, 0.1) is 12.2 Å². The molecule has 6 heteroatoms. The molecule has 3 nitrogen and oxygen atoms in total. The van der Waals surface area contributed by atoms with Crippen LogP contribution in [0.2, 0.25) is 0 Å². The second kappa shape index (κ2) is 5.75. The van der Waals surface area contributed by atoms with E-state index in [0.717, 1.165) is 0 Å². The summed E-state index contributed by atoms with van der Waals surface area (Å²) in [6.45, 7) is 2.98. The molecule has 0 saturated heterocycles. The Labute approximate surface area is 103 Å². The molecule has 0 bridgehead atoms. The molecule has 0 N–H and O–H groups in total. The number of nitrogens with zero attached hydrogens (tertiary/aromatic N) is 1. The highest BCUT2D eigenvalue weighted by atomic mass is 19.4. The van der Waals surface area contributed by atoms with E-state index in [2.05, 4.69) is 0 Å². The first-order valence-electron chi connectivity index (χ1n) is 5.51. The molecule has 0 aliphatic heterocycles. The number of alkyl halides is 3. The van der Waals surface area contributed by atoms with Crippen LogP contribution in [0.25, 0.3) is 0 Å². The fraction of sp³-hybridized carbons (Fsp3) is 0.417. The van der Waals surface area contributed by atoms with E-state index in [4.69, 9.17) is 4.74 Å². The molecule has 0 radical (unpaired) electrons. The van der Waals surface area contributed by atoms with Gasteiger partial charge in [0.25, 0.3) is 0 Å². The van der Waals surface area contributed by atoms with E-state index in [9.17, 15) is 18.0 Å². The van der Waals surface area contributed by atoms with Gasteiger partial charge in [0.2, 0.25) is 0 Å². The van der Waals surface area contributed by atoms with Crippen LogP contribution in [-0.2, 0) is 4.74 Å². The Morgan fingerprint density at radius 2 is 2.00 bits per heavy atom. The fourth-order valence-corrected chi connectivity index (χ4v) is 1.52. The van der Waals surface area contributed by atoms with Crippen molar-refractivity contribution < 1.29 is 22.7 Å². The van der Waals surface area contributed by atoms with Crippen LogP contribution < -0.4 is 4.90 Å². The Bertz CT molecular complexity index is 418. The largest absolute Gasteiger partial charge is 0.484 e. The van der Waals surface area contributed by atoms with Gasteiger partial charge < -0.3 is 4.74 Å². The Kier molecular flexibility index (Phi) is 4.58. The first kappa shape index (κ1) is 14.3. The van der Waals surface area contributed by atoms with Crippen LogP contribution in [0.15, 0.2) is 24.3 Å². The first-order chi connectivity index (χ1) is 8.40. The molecule has 0 amide bonds. The van der Waals surface area contributed by atoms with Crippen LogP contribution in [0.1, 0.15) is 24.2 Å². The maximum Gasteiger partial charge on any atom is 0.484 e. The van der Waals surface area contributed by atoms with E-state index in [-0.39, 0.29) is 29.3 Å². The lowest BCUT2D eigenvalue weighted by Crippen LogP contribution is -2.37. The zero-order chi connectivity index (χ0) is 13.8. The molecule has 0 atom stereocenters. The maximum absolute atomic E-state index is 12.7. The third kappa shape index (κ3) is 3.38. The number of carbonyl (C=O) groups is 1.